The maximum Gasteiger partial charge on any atom is 0.573 e. The van der Waals surface area contributed by atoms with E-state index in [1.54, 1.807) is 11.8 Å². The van der Waals surface area contributed by atoms with Crippen LogP contribution in [0.4, 0.5) is 23.7 Å². The van der Waals surface area contributed by atoms with Gasteiger partial charge in [0, 0.05) is 30.1 Å². The van der Waals surface area contributed by atoms with E-state index in [1.165, 1.54) is 40.8 Å². The molecule has 2 heterocycles. The van der Waals surface area contributed by atoms with E-state index in [1.807, 2.05) is 36.4 Å². The molecule has 1 aliphatic rings. The number of halogens is 3. The van der Waals surface area contributed by atoms with Crippen molar-refractivity contribution in [2.45, 2.75) is 45.4 Å². The molecule has 1 fully saturated rings. The molecule has 230 valence electrons. The van der Waals surface area contributed by atoms with E-state index in [4.69, 9.17) is 0 Å². The normalized spacial score (nSPS) is 15.0. The Morgan fingerprint density at radius 2 is 1.84 bits per heavy atom. The molecule has 1 aromatic heterocycles. The number of alkyl halides is 3. The van der Waals surface area contributed by atoms with E-state index in [9.17, 15) is 18.0 Å². The summed E-state index contributed by atoms with van der Waals surface area (Å²) >= 11 is 1.60. The fourth-order valence-corrected chi connectivity index (χ4v) is 5.92. The first kappa shape index (κ1) is 31.1. The maximum absolute atomic E-state index is 12.6. The lowest BCUT2D eigenvalue weighted by molar-refractivity contribution is -0.274. The first-order valence-corrected chi connectivity index (χ1v) is 15.4. The highest BCUT2D eigenvalue weighted by Gasteiger charge is 2.31. The summed E-state index contributed by atoms with van der Waals surface area (Å²) in [6.07, 6.45) is -0.604. The van der Waals surface area contributed by atoms with Crippen LogP contribution in [0.5, 0.6) is 5.75 Å². The van der Waals surface area contributed by atoms with Crippen LogP contribution < -0.4 is 15.0 Å². The molecule has 2 amide bonds. The number of aryl methyl sites for hydroxylation is 1. The predicted molar refractivity (Wildman–Crippen MR) is 168 cm³/mol. The van der Waals surface area contributed by atoms with Gasteiger partial charge in [-0.2, -0.15) is 4.99 Å². The molecule has 8 nitrogen and oxygen atoms in total. The lowest BCUT2D eigenvalue weighted by atomic mass is 9.95. The van der Waals surface area contributed by atoms with Gasteiger partial charge >= 0.3 is 12.4 Å². The van der Waals surface area contributed by atoms with E-state index in [0.29, 0.717) is 18.1 Å². The Morgan fingerprint density at radius 3 is 2.57 bits per heavy atom. The SMILES string of the molecule is CCc1ccccc1N1CCS/C1=N\C(=O)NCCCC(C)c1ccc(-c2ncn(-c3ccc(OC(F)(F)F)cc3)n2)cc1. The van der Waals surface area contributed by atoms with Gasteiger partial charge in [-0.05, 0) is 66.6 Å². The number of urea groups is 1. The number of thioether (sulfide) groups is 1. The van der Waals surface area contributed by atoms with Gasteiger partial charge in [0.05, 0.1) is 5.69 Å². The highest BCUT2D eigenvalue weighted by Crippen LogP contribution is 2.29. The summed E-state index contributed by atoms with van der Waals surface area (Å²) in [6, 6.07) is 21.3. The molecule has 1 unspecified atom stereocenters. The number of hydrogen-bond donors (Lipinski definition) is 1. The molecule has 1 N–H and O–H groups in total. The van der Waals surface area contributed by atoms with Crippen molar-refractivity contribution in [3.63, 3.8) is 0 Å². The Bertz CT molecular complexity index is 1590. The summed E-state index contributed by atoms with van der Waals surface area (Å²) in [5.74, 6) is 1.38. The first-order chi connectivity index (χ1) is 21.2. The van der Waals surface area contributed by atoms with Gasteiger partial charge in [-0.1, -0.05) is 68.1 Å². The van der Waals surface area contributed by atoms with Gasteiger partial charge in [0.25, 0.3) is 0 Å². The number of aromatic nitrogens is 3. The van der Waals surface area contributed by atoms with Gasteiger partial charge < -0.3 is 15.0 Å². The molecule has 0 radical (unpaired) electrons. The largest absolute Gasteiger partial charge is 0.573 e. The molecule has 0 saturated carbocycles. The Hall–Kier alpha value is -4.32. The number of carbonyl (C=O) groups excluding carboxylic acids is 1. The van der Waals surface area contributed by atoms with Gasteiger partial charge in [0.2, 0.25) is 0 Å². The number of anilines is 1. The predicted octanol–water partition coefficient (Wildman–Crippen LogP) is 7.60. The van der Waals surface area contributed by atoms with Crippen LogP contribution >= 0.6 is 11.8 Å². The van der Waals surface area contributed by atoms with E-state index in [2.05, 4.69) is 56.0 Å². The second-order valence-corrected chi connectivity index (χ2v) is 11.4. The third-order valence-corrected chi connectivity index (χ3v) is 8.25. The number of para-hydroxylation sites is 1. The molecule has 1 atom stereocenters. The lowest BCUT2D eigenvalue weighted by Crippen LogP contribution is -2.28. The van der Waals surface area contributed by atoms with Crippen LogP contribution in [-0.4, -0.2) is 51.2 Å². The minimum absolute atomic E-state index is 0.279. The number of benzene rings is 3. The van der Waals surface area contributed by atoms with Crippen LogP contribution in [0.2, 0.25) is 0 Å². The highest BCUT2D eigenvalue weighted by atomic mass is 32.2. The molecule has 12 heteroatoms. The second-order valence-electron chi connectivity index (χ2n) is 10.3. The minimum atomic E-state index is -4.74. The average Bonchev–Trinajstić information content (AvgIpc) is 3.69. The fourth-order valence-electron chi connectivity index (χ4n) is 4.97. The summed E-state index contributed by atoms with van der Waals surface area (Å²) in [5, 5.41) is 8.14. The fraction of sp³-hybridized carbons (Fsp3) is 0.312. The van der Waals surface area contributed by atoms with Crippen LogP contribution in [0.3, 0.4) is 0 Å². The first-order valence-electron chi connectivity index (χ1n) is 14.4. The molecule has 1 saturated heterocycles. The van der Waals surface area contributed by atoms with Crippen molar-refractivity contribution in [2.24, 2.45) is 4.99 Å². The monoisotopic (exact) mass is 622 g/mol. The molecule has 0 spiro atoms. The van der Waals surface area contributed by atoms with Crippen LogP contribution in [0, 0.1) is 0 Å². The number of aliphatic imine (C=N–C) groups is 1. The zero-order valence-corrected chi connectivity index (χ0v) is 25.2. The Labute approximate surface area is 258 Å². The topological polar surface area (TPSA) is 84.6 Å². The molecule has 1 aliphatic heterocycles. The number of amidine groups is 1. The van der Waals surface area contributed by atoms with Gasteiger partial charge in [0.1, 0.15) is 12.1 Å². The number of rotatable bonds is 10. The molecular weight excluding hydrogens is 589 g/mol. The van der Waals surface area contributed by atoms with Crippen molar-refractivity contribution < 1.29 is 22.7 Å². The van der Waals surface area contributed by atoms with Gasteiger partial charge in [0.15, 0.2) is 11.0 Å². The van der Waals surface area contributed by atoms with Gasteiger partial charge in [-0.3, -0.25) is 0 Å². The number of carbonyl (C=O) groups is 1. The summed E-state index contributed by atoms with van der Waals surface area (Å²) in [5.41, 5.74) is 4.89. The van der Waals surface area contributed by atoms with Crippen molar-refractivity contribution in [1.82, 2.24) is 20.1 Å². The second kappa shape index (κ2) is 14.0. The van der Waals surface area contributed by atoms with Crippen LogP contribution in [-0.2, 0) is 6.42 Å². The molecular formula is C32H33F3N6O2S. The number of hydrogen-bond acceptors (Lipinski definition) is 5. The van der Waals surface area contributed by atoms with E-state index >= 15 is 0 Å². The van der Waals surface area contributed by atoms with Crippen molar-refractivity contribution in [3.8, 4) is 22.8 Å². The molecule has 0 bridgehead atoms. The zero-order valence-electron chi connectivity index (χ0n) is 24.4. The minimum Gasteiger partial charge on any atom is -0.406 e. The molecule has 4 aromatic rings. The third-order valence-electron chi connectivity index (χ3n) is 7.29. The third kappa shape index (κ3) is 7.98. The molecule has 0 aliphatic carbocycles. The number of ether oxygens (including phenoxy) is 1. The summed E-state index contributed by atoms with van der Waals surface area (Å²) < 4.78 is 42.6. The van der Waals surface area contributed by atoms with Crippen molar-refractivity contribution in [2.75, 3.05) is 23.7 Å². The van der Waals surface area contributed by atoms with Crippen molar-refractivity contribution in [1.29, 1.82) is 0 Å². The Morgan fingerprint density at radius 1 is 1.09 bits per heavy atom. The lowest BCUT2D eigenvalue weighted by Gasteiger charge is -2.20. The molecule has 44 heavy (non-hydrogen) atoms. The van der Waals surface area contributed by atoms with E-state index < -0.39 is 6.36 Å². The quantitative estimate of drug-likeness (QED) is 0.184. The van der Waals surface area contributed by atoms with Gasteiger partial charge in [-0.25, -0.2) is 14.5 Å². The van der Waals surface area contributed by atoms with E-state index in [0.717, 1.165) is 53.5 Å². The molecule has 3 aromatic carbocycles. The Kier molecular flexibility index (Phi) is 9.89. The molecule has 5 rings (SSSR count). The van der Waals surface area contributed by atoms with Crippen LogP contribution in [0.25, 0.3) is 17.1 Å². The smallest absolute Gasteiger partial charge is 0.406 e. The van der Waals surface area contributed by atoms with Gasteiger partial charge in [-0.15, -0.1) is 18.3 Å². The maximum atomic E-state index is 12.6. The Balaban J connectivity index is 1.10. The zero-order chi connectivity index (χ0) is 31.1. The van der Waals surface area contributed by atoms with Crippen molar-refractivity contribution in [3.05, 3.63) is 90.3 Å². The van der Waals surface area contributed by atoms with Crippen molar-refractivity contribution >= 4 is 28.6 Å². The number of nitrogens with zero attached hydrogens (tertiary/aromatic N) is 5. The summed E-state index contributed by atoms with van der Waals surface area (Å²) in [7, 11) is 0. The number of amides is 2. The standard InChI is InChI=1S/C32H33F3N6O2S/c1-3-23-8-4-5-9-28(23)40-19-20-44-31(40)38-30(42)36-18-6-7-22(2)24-10-12-25(13-11-24)29-37-21-41(39-29)26-14-16-27(17-15-26)43-32(33,34)35/h4-5,8-17,21-22H,3,6-7,18-20H2,1-2H3,(H,36,42)/b38-31-. The highest BCUT2D eigenvalue weighted by molar-refractivity contribution is 8.14. The van der Waals surface area contributed by atoms with Crippen LogP contribution in [0.1, 0.15) is 43.7 Å². The number of nitrogens with one attached hydrogen (secondary N) is 1. The average molecular weight is 623 g/mol. The summed E-state index contributed by atoms with van der Waals surface area (Å²) in [6.45, 7) is 5.65. The van der Waals surface area contributed by atoms with Crippen LogP contribution in [0.15, 0.2) is 84.1 Å². The van der Waals surface area contributed by atoms with E-state index in [-0.39, 0.29) is 17.7 Å². The summed E-state index contributed by atoms with van der Waals surface area (Å²) in [4.78, 5) is 23.4.